The summed E-state index contributed by atoms with van der Waals surface area (Å²) < 4.78 is 5.47. The molecule has 0 unspecified atom stereocenters. The number of anilines is 1. The van der Waals surface area contributed by atoms with Crippen LogP contribution in [0, 0.1) is 6.92 Å². The molecule has 0 amide bonds. The Hall–Kier alpha value is -1.52. The predicted molar refractivity (Wildman–Crippen MR) is 124 cm³/mol. The molecule has 1 heterocycles. The standard InChI is InChI=1S/C23H37N3O.ClH/c1-5-14-26(15-6-2)16-10-8-7-9-12-24-22-18-20(27-4)17-21-19(3)11-13-25-23(21)22;/h11,13,17-18,24H,5-10,12,14-16H2,1-4H3;1H. The lowest BCUT2D eigenvalue weighted by Crippen LogP contribution is -2.26. The maximum Gasteiger partial charge on any atom is 0.121 e. The molecule has 4 nitrogen and oxygen atoms in total. The molecule has 158 valence electrons. The second-order valence-corrected chi connectivity index (χ2v) is 7.38. The van der Waals surface area contributed by atoms with Crippen LogP contribution in [0.15, 0.2) is 24.4 Å². The summed E-state index contributed by atoms with van der Waals surface area (Å²) in [5.41, 5.74) is 3.33. The highest BCUT2D eigenvalue weighted by Crippen LogP contribution is 2.29. The van der Waals surface area contributed by atoms with Crippen molar-refractivity contribution in [3.05, 3.63) is 30.0 Å². The van der Waals surface area contributed by atoms with Crippen molar-refractivity contribution in [3.63, 3.8) is 0 Å². The molecule has 0 atom stereocenters. The van der Waals surface area contributed by atoms with Crippen molar-refractivity contribution in [2.24, 2.45) is 0 Å². The van der Waals surface area contributed by atoms with Crippen LogP contribution in [0.3, 0.4) is 0 Å². The Morgan fingerprint density at radius 1 is 1.00 bits per heavy atom. The van der Waals surface area contributed by atoms with Gasteiger partial charge in [0.15, 0.2) is 0 Å². The molecular formula is C23H38ClN3O. The second-order valence-electron chi connectivity index (χ2n) is 7.38. The maximum atomic E-state index is 5.47. The van der Waals surface area contributed by atoms with Crippen LogP contribution < -0.4 is 10.1 Å². The number of methoxy groups -OCH3 is 1. The van der Waals surface area contributed by atoms with E-state index in [0.29, 0.717) is 0 Å². The number of unbranched alkanes of at least 4 members (excludes halogenated alkanes) is 3. The van der Waals surface area contributed by atoms with Gasteiger partial charge in [-0.3, -0.25) is 4.98 Å². The average Bonchev–Trinajstić information content (AvgIpc) is 2.67. The van der Waals surface area contributed by atoms with Crippen molar-refractivity contribution in [1.29, 1.82) is 0 Å². The number of aryl methyl sites for hydroxylation is 1. The first kappa shape index (κ1) is 24.5. The van der Waals surface area contributed by atoms with Gasteiger partial charge in [-0.2, -0.15) is 0 Å². The second kappa shape index (κ2) is 13.6. The normalized spacial score (nSPS) is 10.9. The molecule has 0 saturated heterocycles. The maximum absolute atomic E-state index is 5.47. The molecule has 1 aromatic carbocycles. The van der Waals surface area contributed by atoms with E-state index in [4.69, 9.17) is 4.74 Å². The zero-order valence-electron chi connectivity index (χ0n) is 18.1. The molecular weight excluding hydrogens is 370 g/mol. The molecule has 0 bridgehead atoms. The summed E-state index contributed by atoms with van der Waals surface area (Å²) in [7, 11) is 1.72. The minimum atomic E-state index is 0. The molecule has 1 N–H and O–H groups in total. The van der Waals surface area contributed by atoms with Crippen LogP contribution in [0.25, 0.3) is 10.9 Å². The first-order valence-corrected chi connectivity index (χ1v) is 10.6. The Kier molecular flexibility index (Phi) is 11.9. The van der Waals surface area contributed by atoms with Crippen molar-refractivity contribution in [1.82, 2.24) is 9.88 Å². The number of benzene rings is 1. The van der Waals surface area contributed by atoms with E-state index in [9.17, 15) is 0 Å². The van der Waals surface area contributed by atoms with Gasteiger partial charge in [-0.25, -0.2) is 0 Å². The molecule has 0 saturated carbocycles. The Labute approximate surface area is 177 Å². The number of rotatable bonds is 13. The van der Waals surface area contributed by atoms with Crippen molar-refractivity contribution in [2.45, 2.75) is 59.3 Å². The van der Waals surface area contributed by atoms with E-state index < -0.39 is 0 Å². The number of halogens is 1. The fourth-order valence-electron chi connectivity index (χ4n) is 3.62. The number of pyridine rings is 1. The first-order valence-electron chi connectivity index (χ1n) is 10.6. The number of hydrogen-bond acceptors (Lipinski definition) is 4. The number of aromatic nitrogens is 1. The Balaban J connectivity index is 0.00000392. The summed E-state index contributed by atoms with van der Waals surface area (Å²) in [6.45, 7) is 11.4. The fourth-order valence-corrected chi connectivity index (χ4v) is 3.62. The molecule has 0 aliphatic rings. The summed E-state index contributed by atoms with van der Waals surface area (Å²) in [6.07, 6.45) is 9.47. The van der Waals surface area contributed by atoms with E-state index >= 15 is 0 Å². The quantitative estimate of drug-likeness (QED) is 0.409. The molecule has 0 fully saturated rings. The largest absolute Gasteiger partial charge is 0.497 e. The average molecular weight is 408 g/mol. The first-order chi connectivity index (χ1) is 13.2. The van der Waals surface area contributed by atoms with Gasteiger partial charge in [-0.1, -0.05) is 26.7 Å². The van der Waals surface area contributed by atoms with Gasteiger partial charge in [0, 0.05) is 24.2 Å². The SMILES string of the molecule is CCCN(CCC)CCCCCCNc1cc(OC)cc2c(C)ccnc12.Cl. The molecule has 2 rings (SSSR count). The zero-order valence-corrected chi connectivity index (χ0v) is 18.9. The van der Waals surface area contributed by atoms with Crippen molar-refractivity contribution in [2.75, 3.05) is 38.6 Å². The number of hydrogen-bond donors (Lipinski definition) is 1. The van der Waals surface area contributed by atoms with Gasteiger partial charge in [0.25, 0.3) is 0 Å². The van der Waals surface area contributed by atoms with Crippen molar-refractivity contribution < 1.29 is 4.74 Å². The van der Waals surface area contributed by atoms with Crippen LogP contribution in [0.5, 0.6) is 5.75 Å². The molecule has 1 aromatic heterocycles. The van der Waals surface area contributed by atoms with Crippen molar-refractivity contribution >= 4 is 29.0 Å². The minimum Gasteiger partial charge on any atom is -0.497 e. The van der Waals surface area contributed by atoms with Gasteiger partial charge in [0.05, 0.1) is 18.3 Å². The van der Waals surface area contributed by atoms with E-state index in [2.05, 4.69) is 48.1 Å². The van der Waals surface area contributed by atoms with Crippen LogP contribution in [0.1, 0.15) is 57.9 Å². The van der Waals surface area contributed by atoms with Gasteiger partial charge in [0.2, 0.25) is 0 Å². The minimum absolute atomic E-state index is 0. The monoisotopic (exact) mass is 407 g/mol. The van der Waals surface area contributed by atoms with Crippen LogP contribution in [0.4, 0.5) is 5.69 Å². The molecule has 0 spiro atoms. The van der Waals surface area contributed by atoms with Crippen LogP contribution in [0.2, 0.25) is 0 Å². The highest BCUT2D eigenvalue weighted by molar-refractivity contribution is 5.93. The van der Waals surface area contributed by atoms with Crippen LogP contribution in [-0.4, -0.2) is 43.2 Å². The molecule has 0 aliphatic heterocycles. The lowest BCUT2D eigenvalue weighted by molar-refractivity contribution is 0.268. The topological polar surface area (TPSA) is 37.4 Å². The summed E-state index contributed by atoms with van der Waals surface area (Å²) >= 11 is 0. The third-order valence-electron chi connectivity index (χ3n) is 5.07. The Morgan fingerprint density at radius 2 is 1.71 bits per heavy atom. The predicted octanol–water partition coefficient (Wildman–Crippen LogP) is 6.07. The zero-order chi connectivity index (χ0) is 19.5. The van der Waals surface area contributed by atoms with Crippen LogP contribution >= 0.6 is 12.4 Å². The summed E-state index contributed by atoms with van der Waals surface area (Å²) in [5.74, 6) is 0.882. The molecule has 28 heavy (non-hydrogen) atoms. The van der Waals surface area contributed by atoms with Crippen molar-refractivity contribution in [3.8, 4) is 5.75 Å². The number of nitrogens with zero attached hydrogens (tertiary/aromatic N) is 2. The number of ether oxygens (including phenoxy) is 1. The van der Waals surface area contributed by atoms with Gasteiger partial charge in [-0.05, 0) is 69.9 Å². The highest BCUT2D eigenvalue weighted by Gasteiger charge is 2.08. The fraction of sp³-hybridized carbons (Fsp3) is 0.609. The summed E-state index contributed by atoms with van der Waals surface area (Å²) in [6, 6.07) is 6.18. The highest BCUT2D eigenvalue weighted by atomic mass is 35.5. The Bertz CT molecular complexity index is 687. The van der Waals surface area contributed by atoms with E-state index in [1.165, 1.54) is 63.7 Å². The van der Waals surface area contributed by atoms with Crippen LogP contribution in [-0.2, 0) is 0 Å². The van der Waals surface area contributed by atoms with E-state index in [0.717, 1.165) is 28.9 Å². The lowest BCUT2D eigenvalue weighted by atomic mass is 10.1. The molecule has 0 aliphatic carbocycles. The molecule has 5 heteroatoms. The summed E-state index contributed by atoms with van der Waals surface area (Å²) in [5, 5.41) is 4.74. The third kappa shape index (κ3) is 7.48. The lowest BCUT2D eigenvalue weighted by Gasteiger charge is -2.20. The Morgan fingerprint density at radius 3 is 2.39 bits per heavy atom. The number of nitrogens with one attached hydrogen (secondary N) is 1. The number of fused-ring (bicyclic) bond motifs is 1. The third-order valence-corrected chi connectivity index (χ3v) is 5.07. The van der Waals surface area contributed by atoms with Gasteiger partial charge in [-0.15, -0.1) is 12.4 Å². The van der Waals surface area contributed by atoms with Gasteiger partial charge < -0.3 is 15.0 Å². The van der Waals surface area contributed by atoms with Gasteiger partial charge >= 0.3 is 0 Å². The van der Waals surface area contributed by atoms with Gasteiger partial charge in [0.1, 0.15) is 5.75 Å². The molecule has 2 aromatic rings. The summed E-state index contributed by atoms with van der Waals surface area (Å²) in [4.78, 5) is 7.18. The van der Waals surface area contributed by atoms with E-state index in [1.54, 1.807) is 7.11 Å². The smallest absolute Gasteiger partial charge is 0.121 e. The van der Waals surface area contributed by atoms with E-state index in [-0.39, 0.29) is 12.4 Å². The molecule has 0 radical (unpaired) electrons. The van der Waals surface area contributed by atoms with E-state index in [1.807, 2.05) is 12.3 Å².